The third kappa shape index (κ3) is 1.64. The molecule has 0 bridgehead atoms. The molecule has 1 aromatic rings. The number of sulfonamides is 1. The van der Waals surface area contributed by atoms with Crippen LogP contribution in [0.5, 0.6) is 0 Å². The summed E-state index contributed by atoms with van der Waals surface area (Å²) in [6, 6.07) is 0. The van der Waals surface area contributed by atoms with Gasteiger partial charge in [0, 0.05) is 0 Å². The molecule has 0 radical (unpaired) electrons. The van der Waals surface area contributed by atoms with Crippen molar-refractivity contribution in [2.24, 2.45) is 5.14 Å². The van der Waals surface area contributed by atoms with Crippen molar-refractivity contribution in [3.8, 4) is 0 Å². The van der Waals surface area contributed by atoms with Crippen molar-refractivity contribution < 1.29 is 22.7 Å². The molecule has 0 aromatic carbocycles. The molecule has 1 rings (SSSR count). The second-order valence-electron chi connectivity index (χ2n) is 2.77. The fraction of sp³-hybridized carbons (Fsp3) is 0.286. The second-order valence-corrected chi connectivity index (χ2v) is 4.27. The number of hydrogen-bond donors (Lipinski definition) is 2. The number of carbonyl (C=O) groups is 1. The van der Waals surface area contributed by atoms with Crippen LogP contribution in [-0.4, -0.2) is 19.5 Å². The number of furan rings is 1. The van der Waals surface area contributed by atoms with Gasteiger partial charge >= 0.3 is 5.97 Å². The highest BCUT2D eigenvalue weighted by atomic mass is 32.2. The fourth-order valence-electron chi connectivity index (χ4n) is 1.25. The average Bonchev–Trinajstić information content (AvgIpc) is 2.23. The first-order valence-corrected chi connectivity index (χ1v) is 5.16. The largest absolute Gasteiger partial charge is 0.478 e. The van der Waals surface area contributed by atoms with Crippen molar-refractivity contribution >= 4 is 16.0 Å². The Labute approximate surface area is 80.4 Å². The number of carboxylic acid groups (broad SMARTS) is 1. The summed E-state index contributed by atoms with van der Waals surface area (Å²) in [6.07, 6.45) is 0. The molecule has 6 nitrogen and oxygen atoms in total. The molecule has 0 aliphatic heterocycles. The number of primary sulfonamides is 1. The van der Waals surface area contributed by atoms with E-state index in [9.17, 15) is 13.2 Å². The van der Waals surface area contributed by atoms with Crippen molar-refractivity contribution in [1.29, 1.82) is 0 Å². The number of nitrogens with two attached hydrogens (primary N) is 1. The molecule has 0 fully saturated rings. The molecular formula is C7H9NO5S. The van der Waals surface area contributed by atoms with Gasteiger partial charge in [0.05, 0.1) is 0 Å². The normalized spacial score (nSPS) is 11.6. The van der Waals surface area contributed by atoms with Gasteiger partial charge in [-0.1, -0.05) is 0 Å². The minimum atomic E-state index is -4.06. The van der Waals surface area contributed by atoms with Gasteiger partial charge in [0.25, 0.3) is 0 Å². The van der Waals surface area contributed by atoms with E-state index in [2.05, 4.69) is 0 Å². The van der Waals surface area contributed by atoms with Gasteiger partial charge in [-0.2, -0.15) is 0 Å². The van der Waals surface area contributed by atoms with Gasteiger partial charge in [-0.15, -0.1) is 0 Å². The molecule has 0 atom stereocenters. The summed E-state index contributed by atoms with van der Waals surface area (Å²) in [7, 11) is -4.06. The maximum absolute atomic E-state index is 11.0. The quantitative estimate of drug-likeness (QED) is 0.740. The summed E-state index contributed by atoms with van der Waals surface area (Å²) in [6.45, 7) is 2.71. The zero-order valence-electron chi connectivity index (χ0n) is 7.57. The Hall–Kier alpha value is -1.34. The highest BCUT2D eigenvalue weighted by molar-refractivity contribution is 7.89. The lowest BCUT2D eigenvalue weighted by molar-refractivity contribution is 0.0691. The van der Waals surface area contributed by atoms with Crippen LogP contribution >= 0.6 is 0 Å². The maximum atomic E-state index is 11.0. The smallest absolute Gasteiger partial charge is 0.340 e. The Morgan fingerprint density at radius 2 is 1.86 bits per heavy atom. The number of aromatic carboxylic acids is 1. The van der Waals surface area contributed by atoms with Gasteiger partial charge in [-0.05, 0) is 13.8 Å². The predicted molar refractivity (Wildman–Crippen MR) is 46.5 cm³/mol. The van der Waals surface area contributed by atoms with Gasteiger partial charge in [0.2, 0.25) is 10.0 Å². The van der Waals surface area contributed by atoms with E-state index < -0.39 is 26.5 Å². The zero-order valence-corrected chi connectivity index (χ0v) is 8.38. The molecule has 14 heavy (non-hydrogen) atoms. The highest BCUT2D eigenvalue weighted by Crippen LogP contribution is 2.25. The minimum absolute atomic E-state index is 0.0117. The van der Waals surface area contributed by atoms with Gasteiger partial charge in [0.15, 0.2) is 0 Å². The summed E-state index contributed by atoms with van der Waals surface area (Å²) in [5.41, 5.74) is -0.398. The van der Waals surface area contributed by atoms with E-state index in [4.69, 9.17) is 14.7 Å². The Bertz CT molecular complexity index is 484. The lowest BCUT2D eigenvalue weighted by Gasteiger charge is -1.96. The van der Waals surface area contributed by atoms with Gasteiger partial charge < -0.3 is 9.52 Å². The van der Waals surface area contributed by atoms with Crippen LogP contribution in [-0.2, 0) is 10.0 Å². The molecule has 3 N–H and O–H groups in total. The molecule has 0 saturated carbocycles. The van der Waals surface area contributed by atoms with Crippen LogP contribution in [0.2, 0.25) is 0 Å². The van der Waals surface area contributed by atoms with Crippen LogP contribution in [0.25, 0.3) is 0 Å². The molecule has 0 amide bonds. The number of hydrogen-bond acceptors (Lipinski definition) is 4. The molecule has 0 aliphatic rings. The monoisotopic (exact) mass is 219 g/mol. The maximum Gasteiger partial charge on any atom is 0.340 e. The first kappa shape index (κ1) is 10.7. The molecule has 78 valence electrons. The Morgan fingerprint density at radius 1 is 1.36 bits per heavy atom. The second kappa shape index (κ2) is 3.10. The summed E-state index contributed by atoms with van der Waals surface area (Å²) in [4.78, 5) is 10.3. The number of carboxylic acids is 1. The van der Waals surface area contributed by atoms with Gasteiger partial charge in [-0.25, -0.2) is 18.4 Å². The van der Waals surface area contributed by atoms with Crippen molar-refractivity contribution in [2.45, 2.75) is 18.7 Å². The first-order chi connectivity index (χ1) is 6.25. The summed E-state index contributed by atoms with van der Waals surface area (Å²) < 4.78 is 27.0. The molecule has 0 unspecified atom stereocenters. The number of aryl methyl sites for hydroxylation is 2. The third-order valence-electron chi connectivity index (χ3n) is 1.70. The van der Waals surface area contributed by atoms with E-state index in [-0.39, 0.29) is 11.5 Å². The summed E-state index contributed by atoms with van der Waals surface area (Å²) in [5.74, 6) is -1.36. The van der Waals surface area contributed by atoms with E-state index in [0.29, 0.717) is 0 Å². The van der Waals surface area contributed by atoms with Crippen LogP contribution in [0, 0.1) is 13.8 Å². The van der Waals surface area contributed by atoms with Crippen LogP contribution in [0.4, 0.5) is 0 Å². The molecule has 0 saturated heterocycles. The van der Waals surface area contributed by atoms with Crippen molar-refractivity contribution in [2.75, 3.05) is 0 Å². The molecule has 1 aromatic heterocycles. The van der Waals surface area contributed by atoms with E-state index in [0.717, 1.165) is 0 Å². The SMILES string of the molecule is Cc1oc(C)c(S(N)(=O)=O)c1C(=O)O. The standard InChI is InChI=1S/C7H9NO5S/c1-3-5(7(9)10)6(4(2)13-3)14(8,11)12/h1-2H3,(H,9,10)(H2,8,11,12). The predicted octanol–water partition coefficient (Wildman–Crippen LogP) is 0.242. The molecule has 1 heterocycles. The molecule has 7 heteroatoms. The van der Waals surface area contributed by atoms with Crippen LogP contribution in [0.1, 0.15) is 21.9 Å². The summed E-state index contributed by atoms with van der Waals surface area (Å²) >= 11 is 0. The lowest BCUT2D eigenvalue weighted by Crippen LogP contribution is -2.16. The van der Waals surface area contributed by atoms with Crippen LogP contribution in [0.15, 0.2) is 9.31 Å². The lowest BCUT2D eigenvalue weighted by atomic mass is 10.2. The van der Waals surface area contributed by atoms with E-state index >= 15 is 0 Å². The van der Waals surface area contributed by atoms with Crippen molar-refractivity contribution in [3.05, 3.63) is 17.1 Å². The Balaban J connectivity index is 3.65. The van der Waals surface area contributed by atoms with Crippen molar-refractivity contribution in [3.63, 3.8) is 0 Å². The Morgan fingerprint density at radius 3 is 2.14 bits per heavy atom. The fourth-order valence-corrected chi connectivity index (χ4v) is 2.21. The molecule has 0 aliphatic carbocycles. The zero-order chi connectivity index (χ0) is 11.1. The topological polar surface area (TPSA) is 111 Å². The third-order valence-corrected chi connectivity index (χ3v) is 2.76. The highest BCUT2D eigenvalue weighted by Gasteiger charge is 2.28. The van der Waals surface area contributed by atoms with E-state index in [1.54, 1.807) is 0 Å². The van der Waals surface area contributed by atoms with E-state index in [1.807, 2.05) is 0 Å². The summed E-state index contributed by atoms with van der Waals surface area (Å²) in [5, 5.41) is 13.6. The van der Waals surface area contributed by atoms with Crippen LogP contribution in [0.3, 0.4) is 0 Å². The van der Waals surface area contributed by atoms with Crippen molar-refractivity contribution in [1.82, 2.24) is 0 Å². The first-order valence-electron chi connectivity index (χ1n) is 3.61. The molecule has 0 spiro atoms. The van der Waals surface area contributed by atoms with Gasteiger partial charge in [0.1, 0.15) is 22.0 Å². The Kier molecular flexibility index (Phi) is 2.38. The molecular weight excluding hydrogens is 210 g/mol. The van der Waals surface area contributed by atoms with Gasteiger partial charge in [-0.3, -0.25) is 0 Å². The van der Waals surface area contributed by atoms with Crippen LogP contribution < -0.4 is 5.14 Å². The number of rotatable bonds is 2. The average molecular weight is 219 g/mol. The minimum Gasteiger partial charge on any atom is -0.478 e. The van der Waals surface area contributed by atoms with E-state index in [1.165, 1.54) is 13.8 Å².